The second kappa shape index (κ2) is 4.83. The van der Waals surface area contributed by atoms with Crippen LogP contribution in [0.2, 0.25) is 0 Å². The zero-order valence-corrected chi connectivity index (χ0v) is 10.1. The molecule has 86 valence electrons. The number of para-hydroxylation sites is 1. The lowest BCUT2D eigenvalue weighted by Crippen LogP contribution is -2.02. The van der Waals surface area contributed by atoms with E-state index in [1.165, 1.54) is 0 Å². The number of hydrogen-bond donors (Lipinski definition) is 0. The van der Waals surface area contributed by atoms with Gasteiger partial charge in [0.25, 0.3) is 0 Å². The van der Waals surface area contributed by atoms with Crippen LogP contribution in [0.25, 0.3) is 0 Å². The molecule has 2 nitrogen and oxygen atoms in total. The van der Waals surface area contributed by atoms with E-state index in [2.05, 4.69) is 0 Å². The molecule has 2 heteroatoms. The van der Waals surface area contributed by atoms with Crippen molar-refractivity contribution in [3.8, 4) is 0 Å². The van der Waals surface area contributed by atoms with Gasteiger partial charge in [0.2, 0.25) is 5.69 Å². The molecule has 0 aliphatic heterocycles. The summed E-state index contributed by atoms with van der Waals surface area (Å²) in [5.74, 6) is 0. The molecule has 2 aromatic carbocycles. The smallest absolute Gasteiger partial charge is 0.222 e. The first kappa shape index (κ1) is 11.4. The highest BCUT2D eigenvalue weighted by Crippen LogP contribution is 2.22. The molecule has 0 saturated carbocycles. The Morgan fingerprint density at radius 1 is 0.882 bits per heavy atom. The maximum atomic E-state index is 12.1. The lowest BCUT2D eigenvalue weighted by molar-refractivity contribution is -0.355. The van der Waals surface area contributed by atoms with Crippen LogP contribution in [-0.2, 0) is 0 Å². The fraction of sp³-hybridized carbons (Fsp3) is 0.133. The second-order valence-electron chi connectivity index (χ2n) is 4.11. The Labute approximate surface area is 101 Å². The third-order valence-corrected chi connectivity index (χ3v) is 2.73. The van der Waals surface area contributed by atoms with Gasteiger partial charge in [0.1, 0.15) is 0 Å². The van der Waals surface area contributed by atoms with E-state index in [9.17, 15) is 5.21 Å². The summed E-state index contributed by atoms with van der Waals surface area (Å²) >= 11 is 0. The summed E-state index contributed by atoms with van der Waals surface area (Å²) < 4.78 is 0.944. The Bertz CT molecular complexity index is 524. The fourth-order valence-corrected chi connectivity index (χ4v) is 1.89. The molecular formula is C15H15NO. The van der Waals surface area contributed by atoms with Crippen molar-refractivity contribution in [1.82, 2.24) is 0 Å². The summed E-state index contributed by atoms with van der Waals surface area (Å²) in [6.45, 7) is 3.90. The van der Waals surface area contributed by atoms with Crippen molar-refractivity contribution in [2.45, 2.75) is 13.8 Å². The highest BCUT2D eigenvalue weighted by molar-refractivity contribution is 5.76. The van der Waals surface area contributed by atoms with Gasteiger partial charge in [0.05, 0.1) is 0 Å². The molecule has 2 aromatic rings. The topological polar surface area (TPSA) is 26.1 Å². The van der Waals surface area contributed by atoms with Crippen LogP contribution in [-0.4, -0.2) is 11.0 Å². The summed E-state index contributed by atoms with van der Waals surface area (Å²) in [6, 6.07) is 15.5. The number of benzene rings is 2. The van der Waals surface area contributed by atoms with E-state index in [0.29, 0.717) is 0 Å². The molecule has 0 N–H and O–H groups in total. The van der Waals surface area contributed by atoms with Gasteiger partial charge < -0.3 is 5.21 Å². The van der Waals surface area contributed by atoms with E-state index in [4.69, 9.17) is 0 Å². The Balaban J connectivity index is 2.44. The number of nitrogens with zero attached hydrogens (tertiary/aromatic N) is 1. The third-order valence-electron chi connectivity index (χ3n) is 2.73. The molecule has 0 heterocycles. The van der Waals surface area contributed by atoms with Gasteiger partial charge >= 0.3 is 0 Å². The molecule has 0 fully saturated rings. The summed E-state index contributed by atoms with van der Waals surface area (Å²) in [6.07, 6.45) is 1.61. The number of hydrogen-bond acceptors (Lipinski definition) is 1. The predicted molar refractivity (Wildman–Crippen MR) is 70.8 cm³/mol. The van der Waals surface area contributed by atoms with Crippen molar-refractivity contribution in [2.24, 2.45) is 0 Å². The quantitative estimate of drug-likeness (QED) is 0.332. The third kappa shape index (κ3) is 2.53. The number of aryl methyl sites for hydroxylation is 2. The Hall–Kier alpha value is -2.09. The first-order chi connectivity index (χ1) is 8.18. The minimum Gasteiger partial charge on any atom is -0.618 e. The van der Waals surface area contributed by atoms with Crippen molar-refractivity contribution in [3.63, 3.8) is 0 Å². The molecule has 0 saturated heterocycles. The van der Waals surface area contributed by atoms with Crippen molar-refractivity contribution in [3.05, 3.63) is 70.4 Å². The van der Waals surface area contributed by atoms with E-state index in [1.807, 2.05) is 62.4 Å². The van der Waals surface area contributed by atoms with Crippen LogP contribution < -0.4 is 0 Å². The first-order valence-corrected chi connectivity index (χ1v) is 5.61. The lowest BCUT2D eigenvalue weighted by atomic mass is 10.1. The molecule has 0 aliphatic carbocycles. The molecule has 0 amide bonds. The van der Waals surface area contributed by atoms with Crippen LogP contribution >= 0.6 is 0 Å². The average molecular weight is 225 g/mol. The van der Waals surface area contributed by atoms with E-state index < -0.39 is 0 Å². The van der Waals surface area contributed by atoms with Crippen molar-refractivity contribution in [2.75, 3.05) is 0 Å². The summed E-state index contributed by atoms with van der Waals surface area (Å²) in [7, 11) is 0. The normalized spacial score (nSPS) is 11.5. The maximum absolute atomic E-state index is 12.1. The van der Waals surface area contributed by atoms with E-state index in [1.54, 1.807) is 6.21 Å². The van der Waals surface area contributed by atoms with Gasteiger partial charge in [-0.2, -0.15) is 4.74 Å². The average Bonchev–Trinajstić information content (AvgIpc) is 2.30. The second-order valence-corrected chi connectivity index (χ2v) is 4.11. The SMILES string of the molecule is Cc1cccc(C)c1[N+]([O-])=Cc1ccccc1. The minimum atomic E-state index is 0.733. The summed E-state index contributed by atoms with van der Waals surface area (Å²) in [4.78, 5) is 0. The lowest BCUT2D eigenvalue weighted by Gasteiger charge is -2.08. The Morgan fingerprint density at radius 3 is 2.06 bits per heavy atom. The first-order valence-electron chi connectivity index (χ1n) is 5.61. The van der Waals surface area contributed by atoms with Gasteiger partial charge in [-0.1, -0.05) is 36.4 Å². The largest absolute Gasteiger partial charge is 0.618 e. The molecule has 2 rings (SSSR count). The van der Waals surface area contributed by atoms with Crippen LogP contribution in [0.5, 0.6) is 0 Å². The van der Waals surface area contributed by atoms with Crippen molar-refractivity contribution in [1.29, 1.82) is 0 Å². The van der Waals surface area contributed by atoms with Crippen LogP contribution in [0, 0.1) is 19.1 Å². The molecule has 0 unspecified atom stereocenters. The van der Waals surface area contributed by atoms with Gasteiger partial charge in [0, 0.05) is 16.7 Å². The molecule has 0 aliphatic rings. The van der Waals surface area contributed by atoms with Crippen LogP contribution in [0.3, 0.4) is 0 Å². The predicted octanol–water partition coefficient (Wildman–Crippen LogP) is 3.56. The van der Waals surface area contributed by atoms with E-state index in [-0.39, 0.29) is 0 Å². The monoisotopic (exact) mass is 225 g/mol. The minimum absolute atomic E-state index is 0.733. The number of rotatable bonds is 2. The van der Waals surface area contributed by atoms with Crippen molar-refractivity contribution < 1.29 is 4.74 Å². The van der Waals surface area contributed by atoms with Crippen LogP contribution in [0.1, 0.15) is 16.7 Å². The van der Waals surface area contributed by atoms with Crippen LogP contribution in [0.15, 0.2) is 48.5 Å². The van der Waals surface area contributed by atoms with Gasteiger partial charge in [-0.05, 0) is 26.0 Å². The molecular weight excluding hydrogens is 210 g/mol. The molecule has 0 atom stereocenters. The zero-order valence-electron chi connectivity index (χ0n) is 10.1. The summed E-state index contributed by atoms with van der Waals surface area (Å²) in [5.41, 5.74) is 3.63. The highest BCUT2D eigenvalue weighted by Gasteiger charge is 2.09. The Kier molecular flexibility index (Phi) is 3.24. The molecule has 0 bridgehead atoms. The van der Waals surface area contributed by atoms with Crippen molar-refractivity contribution >= 4 is 11.9 Å². The van der Waals surface area contributed by atoms with Crippen LogP contribution in [0.4, 0.5) is 5.69 Å². The van der Waals surface area contributed by atoms with E-state index >= 15 is 0 Å². The van der Waals surface area contributed by atoms with Gasteiger partial charge in [-0.15, -0.1) is 0 Å². The van der Waals surface area contributed by atoms with Gasteiger partial charge in [0.15, 0.2) is 6.21 Å². The highest BCUT2D eigenvalue weighted by atomic mass is 16.5. The Morgan fingerprint density at radius 2 is 1.47 bits per heavy atom. The fourth-order valence-electron chi connectivity index (χ4n) is 1.89. The van der Waals surface area contributed by atoms with Gasteiger partial charge in [-0.25, -0.2) is 0 Å². The van der Waals surface area contributed by atoms with Gasteiger partial charge in [-0.3, -0.25) is 0 Å². The van der Waals surface area contributed by atoms with E-state index in [0.717, 1.165) is 27.1 Å². The molecule has 0 aromatic heterocycles. The molecule has 17 heavy (non-hydrogen) atoms. The molecule has 0 radical (unpaired) electrons. The zero-order chi connectivity index (χ0) is 12.3. The summed E-state index contributed by atoms with van der Waals surface area (Å²) in [5, 5.41) is 12.1. The standard InChI is InChI=1S/C15H15NO/c1-12-7-6-8-13(2)15(12)16(17)11-14-9-4-3-5-10-14/h3-11H,1-2H3. The molecule has 0 spiro atoms. The maximum Gasteiger partial charge on any atom is 0.222 e.